The molecule has 1 aliphatic rings. The maximum atomic E-state index is 13.3. The van der Waals surface area contributed by atoms with Crippen LogP contribution in [0.5, 0.6) is 17.2 Å². The SMILES string of the molecule is COc1ccc(N2CCN(c3ncnc4sc(C(=O)Nc5ccc(OC)cc5OC)c(C)c34)CC2)cc1. The van der Waals surface area contributed by atoms with Crippen molar-refractivity contribution < 1.29 is 19.0 Å². The molecule has 1 N–H and O–H groups in total. The second-order valence-electron chi connectivity index (χ2n) is 8.63. The van der Waals surface area contributed by atoms with Gasteiger partial charge in [-0.3, -0.25) is 4.79 Å². The average Bonchev–Trinajstić information content (AvgIpc) is 3.30. The highest BCUT2D eigenvalue weighted by molar-refractivity contribution is 7.20. The first-order valence-electron chi connectivity index (χ1n) is 11.9. The quantitative estimate of drug-likeness (QED) is 0.379. The van der Waals surface area contributed by atoms with Gasteiger partial charge >= 0.3 is 0 Å². The summed E-state index contributed by atoms with van der Waals surface area (Å²) in [7, 11) is 4.82. The Bertz CT molecular complexity index is 1410. The molecule has 9 nitrogen and oxygen atoms in total. The van der Waals surface area contributed by atoms with Crippen molar-refractivity contribution in [1.82, 2.24) is 9.97 Å². The number of hydrogen-bond acceptors (Lipinski definition) is 9. The third kappa shape index (κ3) is 4.84. The van der Waals surface area contributed by atoms with Crippen LogP contribution in [-0.2, 0) is 0 Å². The van der Waals surface area contributed by atoms with E-state index in [4.69, 9.17) is 14.2 Å². The fraction of sp³-hybridized carbons (Fsp3) is 0.296. The van der Waals surface area contributed by atoms with Crippen molar-refractivity contribution in [2.24, 2.45) is 0 Å². The van der Waals surface area contributed by atoms with Gasteiger partial charge in [-0.15, -0.1) is 11.3 Å². The van der Waals surface area contributed by atoms with Crippen molar-refractivity contribution in [3.05, 3.63) is 59.2 Å². The number of rotatable bonds is 7. The molecule has 37 heavy (non-hydrogen) atoms. The van der Waals surface area contributed by atoms with Crippen LogP contribution in [0.2, 0.25) is 0 Å². The number of amides is 1. The number of fused-ring (bicyclic) bond motifs is 1. The van der Waals surface area contributed by atoms with Gasteiger partial charge in [0.15, 0.2) is 0 Å². The molecular weight excluding hydrogens is 490 g/mol. The van der Waals surface area contributed by atoms with Gasteiger partial charge in [0.2, 0.25) is 0 Å². The minimum absolute atomic E-state index is 0.209. The third-order valence-electron chi connectivity index (χ3n) is 6.59. The summed E-state index contributed by atoms with van der Waals surface area (Å²) in [6, 6.07) is 13.4. The Kier molecular flexibility index (Phi) is 7.00. The number of aromatic nitrogens is 2. The Morgan fingerprint density at radius 3 is 2.24 bits per heavy atom. The summed E-state index contributed by atoms with van der Waals surface area (Å²) in [6.45, 7) is 5.33. The molecule has 1 saturated heterocycles. The first-order chi connectivity index (χ1) is 18.0. The van der Waals surface area contributed by atoms with Crippen molar-refractivity contribution in [2.45, 2.75) is 6.92 Å². The number of hydrogen-bond donors (Lipinski definition) is 1. The summed E-state index contributed by atoms with van der Waals surface area (Å²) >= 11 is 1.37. The molecule has 0 unspecified atom stereocenters. The van der Waals surface area contributed by atoms with Gasteiger partial charge in [0.05, 0.1) is 37.3 Å². The summed E-state index contributed by atoms with van der Waals surface area (Å²) in [4.78, 5) is 28.4. The molecule has 1 fully saturated rings. The first-order valence-corrected chi connectivity index (χ1v) is 12.8. The van der Waals surface area contributed by atoms with Crippen LogP contribution in [-0.4, -0.2) is 63.4 Å². The molecule has 2 aromatic carbocycles. The number of aryl methyl sites for hydroxylation is 1. The van der Waals surface area contributed by atoms with Crippen LogP contribution < -0.4 is 29.3 Å². The van der Waals surface area contributed by atoms with E-state index in [2.05, 4.69) is 37.2 Å². The number of nitrogens with zero attached hydrogens (tertiary/aromatic N) is 4. The van der Waals surface area contributed by atoms with Gasteiger partial charge in [-0.25, -0.2) is 9.97 Å². The van der Waals surface area contributed by atoms with Crippen molar-refractivity contribution in [2.75, 3.05) is 62.6 Å². The molecule has 0 radical (unpaired) electrons. The van der Waals surface area contributed by atoms with Crippen LogP contribution in [0.3, 0.4) is 0 Å². The molecule has 10 heteroatoms. The maximum absolute atomic E-state index is 13.3. The Hall–Kier alpha value is -4.05. The van der Waals surface area contributed by atoms with E-state index in [1.54, 1.807) is 45.9 Å². The number of carbonyl (C=O) groups excluding carboxylic acids is 1. The molecule has 4 aromatic rings. The summed E-state index contributed by atoms with van der Waals surface area (Å²) in [5, 5.41) is 3.90. The number of benzene rings is 2. The molecule has 5 rings (SSSR count). The van der Waals surface area contributed by atoms with Gasteiger partial charge in [-0.2, -0.15) is 0 Å². The van der Waals surface area contributed by atoms with E-state index in [1.807, 2.05) is 19.1 Å². The number of thiophene rings is 1. The second-order valence-corrected chi connectivity index (χ2v) is 9.63. The van der Waals surface area contributed by atoms with Crippen molar-refractivity contribution >= 4 is 44.7 Å². The summed E-state index contributed by atoms with van der Waals surface area (Å²) in [6.07, 6.45) is 1.58. The predicted octanol–water partition coefficient (Wildman–Crippen LogP) is 4.60. The van der Waals surface area contributed by atoms with Crippen LogP contribution >= 0.6 is 11.3 Å². The van der Waals surface area contributed by atoms with Gasteiger partial charge in [0.1, 0.15) is 34.2 Å². The van der Waals surface area contributed by atoms with Crippen molar-refractivity contribution in [3.63, 3.8) is 0 Å². The Morgan fingerprint density at radius 2 is 1.57 bits per heavy atom. The van der Waals surface area contributed by atoms with Crippen molar-refractivity contribution in [1.29, 1.82) is 0 Å². The predicted molar refractivity (Wildman–Crippen MR) is 147 cm³/mol. The van der Waals surface area contributed by atoms with E-state index in [9.17, 15) is 4.79 Å². The van der Waals surface area contributed by atoms with Crippen LogP contribution in [0, 0.1) is 6.92 Å². The summed E-state index contributed by atoms with van der Waals surface area (Å²) in [5.41, 5.74) is 2.62. The minimum Gasteiger partial charge on any atom is -0.497 e. The topological polar surface area (TPSA) is 89.1 Å². The van der Waals surface area contributed by atoms with E-state index in [-0.39, 0.29) is 5.91 Å². The molecule has 3 heterocycles. The van der Waals surface area contributed by atoms with E-state index in [0.717, 1.165) is 53.5 Å². The van der Waals surface area contributed by atoms with E-state index in [1.165, 1.54) is 17.0 Å². The van der Waals surface area contributed by atoms with Crippen LogP contribution in [0.15, 0.2) is 48.8 Å². The number of ether oxygens (including phenoxy) is 3. The highest BCUT2D eigenvalue weighted by Gasteiger charge is 2.25. The lowest BCUT2D eigenvalue weighted by Crippen LogP contribution is -2.46. The number of nitrogens with one attached hydrogen (secondary N) is 1. The van der Waals surface area contributed by atoms with Crippen molar-refractivity contribution in [3.8, 4) is 17.2 Å². The lowest BCUT2D eigenvalue weighted by Gasteiger charge is -2.37. The lowest BCUT2D eigenvalue weighted by atomic mass is 10.1. The fourth-order valence-corrected chi connectivity index (χ4v) is 5.60. The summed E-state index contributed by atoms with van der Waals surface area (Å²) in [5.74, 6) is 2.69. The van der Waals surface area contributed by atoms with Gasteiger partial charge in [-0.05, 0) is 48.9 Å². The number of carbonyl (C=O) groups is 1. The van der Waals surface area contributed by atoms with E-state index < -0.39 is 0 Å². The average molecular weight is 520 g/mol. The van der Waals surface area contributed by atoms with Crippen LogP contribution in [0.1, 0.15) is 15.2 Å². The summed E-state index contributed by atoms with van der Waals surface area (Å²) < 4.78 is 16.0. The highest BCUT2D eigenvalue weighted by atomic mass is 32.1. The molecule has 1 amide bonds. The van der Waals surface area contributed by atoms with Gasteiger partial charge in [-0.1, -0.05) is 0 Å². The van der Waals surface area contributed by atoms with Crippen LogP contribution in [0.4, 0.5) is 17.2 Å². The third-order valence-corrected chi connectivity index (χ3v) is 7.79. The Balaban J connectivity index is 1.36. The zero-order chi connectivity index (χ0) is 25.9. The first kappa shape index (κ1) is 24.6. The van der Waals surface area contributed by atoms with Gasteiger partial charge < -0.3 is 29.3 Å². The number of methoxy groups -OCH3 is 3. The van der Waals surface area contributed by atoms with E-state index >= 15 is 0 Å². The highest BCUT2D eigenvalue weighted by Crippen LogP contribution is 2.37. The zero-order valence-electron chi connectivity index (χ0n) is 21.3. The zero-order valence-corrected chi connectivity index (χ0v) is 22.1. The van der Waals surface area contributed by atoms with E-state index in [0.29, 0.717) is 22.1 Å². The molecule has 192 valence electrons. The minimum atomic E-state index is -0.209. The standard InChI is InChI=1S/C27H29N5O4S/c1-17-23-25(32-13-11-31(12-14-32)18-5-7-19(34-2)8-6-18)28-16-29-27(23)37-24(17)26(33)30-21-10-9-20(35-3)15-22(21)36-4/h5-10,15-16H,11-14H2,1-4H3,(H,30,33). The van der Waals surface area contributed by atoms with Gasteiger partial charge in [0, 0.05) is 37.9 Å². The fourth-order valence-electron chi connectivity index (χ4n) is 4.56. The molecule has 0 saturated carbocycles. The van der Waals surface area contributed by atoms with Gasteiger partial charge in [0.25, 0.3) is 5.91 Å². The maximum Gasteiger partial charge on any atom is 0.266 e. The Morgan fingerprint density at radius 1 is 0.892 bits per heavy atom. The number of piperazine rings is 1. The molecule has 0 atom stereocenters. The molecule has 1 aliphatic heterocycles. The monoisotopic (exact) mass is 519 g/mol. The Labute approximate surface area is 219 Å². The van der Waals surface area contributed by atoms with Crippen LogP contribution in [0.25, 0.3) is 10.2 Å². The normalized spacial score (nSPS) is 13.5. The smallest absolute Gasteiger partial charge is 0.266 e. The number of anilines is 3. The molecular formula is C27H29N5O4S. The second kappa shape index (κ2) is 10.5. The largest absolute Gasteiger partial charge is 0.497 e. The molecule has 0 spiro atoms. The lowest BCUT2D eigenvalue weighted by molar-refractivity contribution is 0.102. The molecule has 2 aromatic heterocycles. The molecule has 0 bridgehead atoms. The molecule has 0 aliphatic carbocycles.